The number of amides is 1. The van der Waals surface area contributed by atoms with Gasteiger partial charge in [0, 0.05) is 25.2 Å². The Morgan fingerprint density at radius 1 is 1.25 bits per heavy atom. The van der Waals surface area contributed by atoms with E-state index in [1.165, 1.54) is 0 Å². The highest BCUT2D eigenvalue weighted by Gasteiger charge is 2.29. The summed E-state index contributed by atoms with van der Waals surface area (Å²) in [7, 11) is 0. The molecule has 1 aromatic carbocycles. The van der Waals surface area contributed by atoms with Crippen molar-refractivity contribution in [3.05, 3.63) is 27.6 Å². The highest BCUT2D eigenvalue weighted by molar-refractivity contribution is 6.32. The topological polar surface area (TPSA) is 76.6 Å². The number of H-pyrrole nitrogens is 1. The quantitative estimate of drug-likeness (QED) is 0.817. The lowest BCUT2D eigenvalue weighted by atomic mass is 10.0. The third-order valence-corrected chi connectivity index (χ3v) is 4.91. The number of aromatic amines is 1. The van der Waals surface area contributed by atoms with Gasteiger partial charge in [0.15, 0.2) is 0 Å². The van der Waals surface area contributed by atoms with Crippen LogP contribution in [0.4, 0.5) is 4.79 Å². The molecule has 1 aliphatic rings. The van der Waals surface area contributed by atoms with Crippen molar-refractivity contribution in [1.82, 2.24) is 14.5 Å². The van der Waals surface area contributed by atoms with E-state index < -0.39 is 5.60 Å². The molecule has 1 aliphatic heterocycles. The Morgan fingerprint density at radius 2 is 1.89 bits per heavy atom. The van der Waals surface area contributed by atoms with Crippen LogP contribution in [-0.2, 0) is 4.74 Å². The van der Waals surface area contributed by atoms with E-state index in [2.05, 4.69) is 4.98 Å². The molecule has 0 unspecified atom stereocenters. The van der Waals surface area contributed by atoms with E-state index >= 15 is 0 Å². The van der Waals surface area contributed by atoms with E-state index in [1.807, 2.05) is 40.7 Å². The number of imidazole rings is 1. The van der Waals surface area contributed by atoms with Gasteiger partial charge >= 0.3 is 11.8 Å². The van der Waals surface area contributed by atoms with Gasteiger partial charge in [0.2, 0.25) is 0 Å². The average molecular weight is 410 g/mol. The highest BCUT2D eigenvalue weighted by atomic mass is 35.5. The number of benzene rings is 1. The molecule has 154 valence electrons. The molecule has 8 heteroatoms. The average Bonchev–Trinajstić information content (AvgIpc) is 2.88. The summed E-state index contributed by atoms with van der Waals surface area (Å²) in [6, 6.07) is 3.53. The highest BCUT2D eigenvalue weighted by Crippen LogP contribution is 2.32. The summed E-state index contributed by atoms with van der Waals surface area (Å²) in [5, 5.41) is 0.467. The van der Waals surface area contributed by atoms with Gasteiger partial charge in [0.1, 0.15) is 11.4 Å². The Bertz CT molecular complexity index is 918. The minimum absolute atomic E-state index is 0.00647. The fourth-order valence-electron chi connectivity index (χ4n) is 3.47. The van der Waals surface area contributed by atoms with Crippen molar-refractivity contribution in [3.8, 4) is 5.75 Å². The lowest BCUT2D eigenvalue weighted by molar-refractivity contribution is 0.0189. The van der Waals surface area contributed by atoms with Crippen LogP contribution < -0.4 is 10.4 Å². The molecule has 0 aliphatic carbocycles. The smallest absolute Gasteiger partial charge is 0.410 e. The number of fused-ring (bicyclic) bond motifs is 1. The van der Waals surface area contributed by atoms with Gasteiger partial charge in [0.25, 0.3) is 0 Å². The van der Waals surface area contributed by atoms with Gasteiger partial charge in [-0.05, 0) is 53.5 Å². The zero-order valence-corrected chi connectivity index (χ0v) is 17.8. The number of ether oxygens (including phenoxy) is 2. The number of hydrogen-bond donors (Lipinski definition) is 1. The number of nitrogens with zero attached hydrogens (tertiary/aromatic N) is 2. The second-order valence-corrected chi connectivity index (χ2v) is 8.87. The van der Waals surface area contributed by atoms with Crippen molar-refractivity contribution in [1.29, 1.82) is 0 Å². The first-order valence-electron chi connectivity index (χ1n) is 9.63. The van der Waals surface area contributed by atoms with Crippen LogP contribution in [0.25, 0.3) is 11.0 Å². The minimum atomic E-state index is -0.520. The van der Waals surface area contributed by atoms with Crippen molar-refractivity contribution in [2.45, 2.75) is 65.2 Å². The Morgan fingerprint density at radius 3 is 2.46 bits per heavy atom. The second-order valence-electron chi connectivity index (χ2n) is 8.47. The summed E-state index contributed by atoms with van der Waals surface area (Å²) in [4.78, 5) is 29.4. The Kier molecular flexibility index (Phi) is 5.66. The molecule has 2 aromatic rings. The van der Waals surface area contributed by atoms with Crippen LogP contribution in [0.3, 0.4) is 0 Å². The van der Waals surface area contributed by atoms with Crippen molar-refractivity contribution in [2.75, 3.05) is 13.1 Å². The lowest BCUT2D eigenvalue weighted by Gasteiger charge is -2.33. The van der Waals surface area contributed by atoms with Crippen molar-refractivity contribution >= 4 is 28.7 Å². The molecule has 0 bridgehead atoms. The van der Waals surface area contributed by atoms with Crippen LogP contribution in [0.5, 0.6) is 5.75 Å². The van der Waals surface area contributed by atoms with Crippen molar-refractivity contribution < 1.29 is 14.3 Å². The fourth-order valence-corrected chi connectivity index (χ4v) is 3.68. The normalized spacial score (nSPS) is 16.0. The number of nitrogens with one attached hydrogen (secondary N) is 1. The third kappa shape index (κ3) is 4.46. The Balaban J connectivity index is 1.82. The molecule has 0 spiro atoms. The van der Waals surface area contributed by atoms with Crippen LogP contribution in [0.15, 0.2) is 16.9 Å². The summed E-state index contributed by atoms with van der Waals surface area (Å²) < 4.78 is 13.0. The molecule has 1 amide bonds. The SMILES string of the molecule is CC(C)Oc1cc2c(cc1Cl)[nH]c(=O)n2C1CCN(C(=O)OC(C)(C)C)CC1. The predicted molar refractivity (Wildman–Crippen MR) is 109 cm³/mol. The van der Waals surface area contributed by atoms with E-state index in [-0.39, 0.29) is 23.9 Å². The monoisotopic (exact) mass is 409 g/mol. The molecule has 0 atom stereocenters. The van der Waals surface area contributed by atoms with E-state index in [0.717, 1.165) is 5.52 Å². The molecule has 2 heterocycles. The van der Waals surface area contributed by atoms with Gasteiger partial charge in [0.05, 0.1) is 22.2 Å². The van der Waals surface area contributed by atoms with Gasteiger partial charge < -0.3 is 19.4 Å². The van der Waals surface area contributed by atoms with Crippen LogP contribution in [-0.4, -0.2) is 45.3 Å². The van der Waals surface area contributed by atoms with Gasteiger partial charge in [-0.1, -0.05) is 11.6 Å². The first-order chi connectivity index (χ1) is 13.0. The molecular formula is C20H28ClN3O4. The standard InChI is InChI=1S/C20H28ClN3O4/c1-12(2)27-17-11-16-15(10-14(17)21)22-18(25)24(16)13-6-8-23(9-7-13)19(26)28-20(3,4)5/h10-13H,6-9H2,1-5H3,(H,22,25). The summed E-state index contributed by atoms with van der Waals surface area (Å²) in [5.74, 6) is 0.558. The maximum atomic E-state index is 12.6. The molecular weight excluding hydrogens is 382 g/mol. The van der Waals surface area contributed by atoms with E-state index in [1.54, 1.807) is 15.5 Å². The van der Waals surface area contributed by atoms with Gasteiger partial charge in [-0.25, -0.2) is 9.59 Å². The molecule has 1 aromatic heterocycles. The summed E-state index contributed by atoms with van der Waals surface area (Å²) >= 11 is 6.29. The van der Waals surface area contributed by atoms with Gasteiger partial charge in [-0.3, -0.25) is 4.57 Å². The third-order valence-electron chi connectivity index (χ3n) is 4.61. The van der Waals surface area contributed by atoms with E-state index in [0.29, 0.717) is 42.2 Å². The number of hydrogen-bond acceptors (Lipinski definition) is 4. The van der Waals surface area contributed by atoms with Gasteiger partial charge in [-0.2, -0.15) is 0 Å². The number of rotatable bonds is 3. The van der Waals surface area contributed by atoms with Crippen LogP contribution >= 0.6 is 11.6 Å². The second kappa shape index (κ2) is 7.70. The Labute approximate surface area is 169 Å². The molecule has 1 N–H and O–H groups in total. The first kappa shape index (κ1) is 20.6. The number of likely N-dealkylation sites (tertiary alicyclic amines) is 1. The van der Waals surface area contributed by atoms with Crippen LogP contribution in [0.2, 0.25) is 5.02 Å². The first-order valence-corrected chi connectivity index (χ1v) is 10.0. The van der Waals surface area contributed by atoms with Crippen LogP contribution in [0, 0.1) is 0 Å². The molecule has 1 fully saturated rings. The number of piperidine rings is 1. The van der Waals surface area contributed by atoms with Crippen LogP contribution in [0.1, 0.15) is 53.5 Å². The molecule has 7 nitrogen and oxygen atoms in total. The number of carbonyl (C=O) groups excluding carboxylic acids is 1. The lowest BCUT2D eigenvalue weighted by Crippen LogP contribution is -2.43. The molecule has 0 radical (unpaired) electrons. The Hall–Kier alpha value is -2.15. The molecule has 3 rings (SSSR count). The minimum Gasteiger partial charge on any atom is -0.489 e. The zero-order valence-electron chi connectivity index (χ0n) is 17.0. The maximum Gasteiger partial charge on any atom is 0.410 e. The summed E-state index contributed by atoms with van der Waals surface area (Å²) in [6.45, 7) is 10.5. The summed E-state index contributed by atoms with van der Waals surface area (Å²) in [6.07, 6.45) is 1.02. The van der Waals surface area contributed by atoms with Crippen molar-refractivity contribution in [3.63, 3.8) is 0 Å². The number of halogens is 1. The van der Waals surface area contributed by atoms with E-state index in [4.69, 9.17) is 21.1 Å². The molecule has 1 saturated heterocycles. The van der Waals surface area contributed by atoms with Gasteiger partial charge in [-0.15, -0.1) is 0 Å². The maximum absolute atomic E-state index is 12.6. The fraction of sp³-hybridized carbons (Fsp3) is 0.600. The molecule has 0 saturated carbocycles. The van der Waals surface area contributed by atoms with Crippen molar-refractivity contribution in [2.24, 2.45) is 0 Å². The number of aromatic nitrogens is 2. The molecule has 28 heavy (non-hydrogen) atoms. The largest absolute Gasteiger partial charge is 0.489 e. The predicted octanol–water partition coefficient (Wildman–Crippen LogP) is 4.34. The zero-order chi connectivity index (χ0) is 20.6. The van der Waals surface area contributed by atoms with E-state index in [9.17, 15) is 9.59 Å². The summed E-state index contributed by atoms with van der Waals surface area (Å²) in [5.41, 5.74) is 0.748. The number of carbonyl (C=O) groups is 1.